The molecule has 4 nitrogen and oxygen atoms in total. The number of aromatic hydroxyl groups is 1. The highest BCUT2D eigenvalue weighted by Crippen LogP contribution is 2.23. The predicted molar refractivity (Wildman–Crippen MR) is 67.5 cm³/mol. The van der Waals surface area contributed by atoms with E-state index < -0.39 is 0 Å². The molecule has 17 heavy (non-hydrogen) atoms. The summed E-state index contributed by atoms with van der Waals surface area (Å²) >= 11 is 0. The van der Waals surface area contributed by atoms with Crippen molar-refractivity contribution in [2.75, 3.05) is 0 Å². The van der Waals surface area contributed by atoms with Gasteiger partial charge in [-0.05, 0) is 18.6 Å². The predicted octanol–water partition coefficient (Wildman–Crippen LogP) is 2.75. The van der Waals surface area contributed by atoms with Crippen LogP contribution < -0.4 is 0 Å². The van der Waals surface area contributed by atoms with E-state index in [1.54, 1.807) is 12.3 Å². The van der Waals surface area contributed by atoms with Crippen molar-refractivity contribution in [3.63, 3.8) is 0 Å². The summed E-state index contributed by atoms with van der Waals surface area (Å²) in [4.78, 5) is 0. The summed E-state index contributed by atoms with van der Waals surface area (Å²) in [6, 6.07) is 6.30. The van der Waals surface area contributed by atoms with E-state index in [2.05, 4.69) is 18.1 Å². The molecule has 2 N–H and O–H groups in total. The third kappa shape index (κ3) is 2.46. The lowest BCUT2D eigenvalue weighted by Gasteiger charge is -2.04. The highest BCUT2D eigenvalue weighted by atomic mass is 16.3. The van der Waals surface area contributed by atoms with Crippen LogP contribution in [0.1, 0.15) is 26.2 Å². The summed E-state index contributed by atoms with van der Waals surface area (Å²) in [6.45, 7) is 2.76. The van der Waals surface area contributed by atoms with Gasteiger partial charge in [0.05, 0.1) is 17.1 Å². The summed E-state index contributed by atoms with van der Waals surface area (Å²) < 4.78 is 1.83. The fraction of sp³-hybridized carbons (Fsp3) is 0.385. The number of hydrogen-bond donors (Lipinski definition) is 2. The molecule has 0 saturated carbocycles. The smallest absolute Gasteiger partial charge is 0.134 e. The molecule has 0 saturated heterocycles. The van der Waals surface area contributed by atoms with Crippen molar-refractivity contribution in [3.05, 3.63) is 24.4 Å². The first kappa shape index (κ1) is 11.6. The van der Waals surface area contributed by atoms with Crippen molar-refractivity contribution in [2.45, 2.75) is 32.7 Å². The van der Waals surface area contributed by atoms with Crippen LogP contribution in [-0.4, -0.2) is 20.6 Å². The molecular weight excluding hydrogens is 214 g/mol. The highest BCUT2D eigenvalue weighted by molar-refractivity contribution is 5.85. The summed E-state index contributed by atoms with van der Waals surface area (Å²) in [5, 5.41) is 22.3. The van der Waals surface area contributed by atoms with Gasteiger partial charge < -0.3 is 10.5 Å². The van der Waals surface area contributed by atoms with Crippen molar-refractivity contribution in [1.82, 2.24) is 9.78 Å². The molecule has 89 valence electrons. The third-order valence-electron chi connectivity index (χ3n) is 2.77. The lowest BCUT2D eigenvalue weighted by Crippen LogP contribution is -2.05. The minimum Gasteiger partial charge on any atom is -0.507 e. The molecule has 0 aliphatic heterocycles. The first-order valence-corrected chi connectivity index (χ1v) is 5.84. The molecule has 0 fully saturated rings. The third-order valence-corrected chi connectivity index (χ3v) is 2.77. The average Bonchev–Trinajstić information content (AvgIpc) is 2.72. The van der Waals surface area contributed by atoms with Crippen LogP contribution in [0.25, 0.3) is 10.9 Å². The van der Waals surface area contributed by atoms with Gasteiger partial charge in [0.25, 0.3) is 0 Å². The topological polar surface area (TPSA) is 61.9 Å². The summed E-state index contributed by atoms with van der Waals surface area (Å²) in [6.07, 6.45) is 4.21. The Balaban J connectivity index is 2.14. The van der Waals surface area contributed by atoms with Crippen LogP contribution in [-0.2, 0) is 6.54 Å². The Bertz CT molecular complexity index is 530. The molecule has 0 atom stereocenters. The van der Waals surface area contributed by atoms with Crippen molar-refractivity contribution in [3.8, 4) is 5.75 Å². The molecule has 2 aromatic rings. The van der Waals surface area contributed by atoms with Crippen LogP contribution in [0.15, 0.2) is 18.3 Å². The van der Waals surface area contributed by atoms with Crippen LogP contribution in [0.3, 0.4) is 0 Å². The second kappa shape index (κ2) is 4.99. The SMILES string of the molecule is CCCC(=N)CCn1ncc2c(O)[c]ccc21. The molecule has 0 aliphatic rings. The Morgan fingerprint density at radius 1 is 1.53 bits per heavy atom. The van der Waals surface area contributed by atoms with E-state index in [-0.39, 0.29) is 5.75 Å². The van der Waals surface area contributed by atoms with Crippen molar-refractivity contribution < 1.29 is 5.11 Å². The Kier molecular flexibility index (Phi) is 3.42. The summed E-state index contributed by atoms with van der Waals surface area (Å²) in [5.41, 5.74) is 1.65. The van der Waals surface area contributed by atoms with Gasteiger partial charge >= 0.3 is 0 Å². The lowest BCUT2D eigenvalue weighted by molar-refractivity contribution is 0.480. The Hall–Kier alpha value is -1.84. The molecule has 0 bridgehead atoms. The largest absolute Gasteiger partial charge is 0.507 e. The highest BCUT2D eigenvalue weighted by Gasteiger charge is 2.06. The van der Waals surface area contributed by atoms with Crippen LogP contribution in [0.4, 0.5) is 0 Å². The van der Waals surface area contributed by atoms with E-state index >= 15 is 0 Å². The quantitative estimate of drug-likeness (QED) is 0.776. The number of rotatable bonds is 5. The molecule has 0 spiro atoms. The average molecular weight is 230 g/mol. The molecule has 1 heterocycles. The first-order valence-electron chi connectivity index (χ1n) is 5.84. The molecule has 1 aromatic carbocycles. The van der Waals surface area contributed by atoms with Crippen LogP contribution in [0, 0.1) is 11.5 Å². The monoisotopic (exact) mass is 230 g/mol. The maximum absolute atomic E-state index is 9.60. The molecule has 0 unspecified atom stereocenters. The number of phenolic OH excluding ortho intramolecular Hbond substituents is 1. The van der Waals surface area contributed by atoms with Crippen LogP contribution in [0.2, 0.25) is 0 Å². The summed E-state index contributed by atoms with van der Waals surface area (Å²) in [5.74, 6) is 0.136. The standard InChI is InChI=1S/C13H16N3O/c1-2-4-10(14)7-8-16-12-5-3-6-13(17)11(12)9-15-16/h3,5,9,14,17H,2,4,7-8H2,1H3. The zero-order valence-electron chi connectivity index (χ0n) is 9.90. The van der Waals surface area contributed by atoms with Gasteiger partial charge in [0.15, 0.2) is 0 Å². The van der Waals surface area contributed by atoms with Gasteiger partial charge in [-0.2, -0.15) is 5.10 Å². The van der Waals surface area contributed by atoms with E-state index in [0.717, 1.165) is 29.5 Å². The number of hydrogen-bond acceptors (Lipinski definition) is 3. The molecule has 0 aliphatic carbocycles. The minimum atomic E-state index is 0.136. The van der Waals surface area contributed by atoms with Crippen LogP contribution >= 0.6 is 0 Å². The lowest BCUT2D eigenvalue weighted by atomic mass is 10.1. The molecule has 2 rings (SSSR count). The van der Waals surface area contributed by atoms with E-state index in [1.807, 2.05) is 10.7 Å². The van der Waals surface area contributed by atoms with Gasteiger partial charge in [0.2, 0.25) is 0 Å². The van der Waals surface area contributed by atoms with Gasteiger partial charge in [0.1, 0.15) is 5.75 Å². The Morgan fingerprint density at radius 2 is 2.35 bits per heavy atom. The Morgan fingerprint density at radius 3 is 3.12 bits per heavy atom. The van der Waals surface area contributed by atoms with Crippen molar-refractivity contribution >= 4 is 16.6 Å². The molecular formula is C13H16N3O. The molecule has 1 aromatic heterocycles. The number of phenols is 1. The normalized spacial score (nSPS) is 10.9. The zero-order valence-corrected chi connectivity index (χ0v) is 9.90. The second-order valence-electron chi connectivity index (χ2n) is 4.10. The number of benzene rings is 1. The number of nitrogens with one attached hydrogen (secondary N) is 1. The van der Waals surface area contributed by atoms with E-state index in [0.29, 0.717) is 13.0 Å². The van der Waals surface area contributed by atoms with Crippen molar-refractivity contribution in [2.24, 2.45) is 0 Å². The molecule has 1 radical (unpaired) electrons. The summed E-state index contributed by atoms with van der Waals surface area (Å²) in [7, 11) is 0. The second-order valence-corrected chi connectivity index (χ2v) is 4.10. The van der Waals surface area contributed by atoms with E-state index in [1.165, 1.54) is 0 Å². The minimum absolute atomic E-state index is 0.136. The maximum Gasteiger partial charge on any atom is 0.134 e. The van der Waals surface area contributed by atoms with Crippen molar-refractivity contribution in [1.29, 1.82) is 5.41 Å². The maximum atomic E-state index is 9.60. The number of aromatic nitrogens is 2. The number of nitrogens with zero attached hydrogens (tertiary/aromatic N) is 2. The van der Waals surface area contributed by atoms with Gasteiger partial charge in [-0.15, -0.1) is 0 Å². The fourth-order valence-corrected chi connectivity index (χ4v) is 1.88. The van der Waals surface area contributed by atoms with Gasteiger partial charge in [0, 0.05) is 24.7 Å². The number of fused-ring (bicyclic) bond motifs is 1. The fourth-order valence-electron chi connectivity index (χ4n) is 1.88. The Labute approximate surface area is 100 Å². The van der Waals surface area contributed by atoms with Gasteiger partial charge in [-0.25, -0.2) is 0 Å². The van der Waals surface area contributed by atoms with E-state index in [4.69, 9.17) is 5.41 Å². The van der Waals surface area contributed by atoms with E-state index in [9.17, 15) is 5.11 Å². The van der Waals surface area contributed by atoms with Gasteiger partial charge in [-0.1, -0.05) is 13.3 Å². The zero-order chi connectivity index (χ0) is 12.3. The van der Waals surface area contributed by atoms with Crippen LogP contribution in [0.5, 0.6) is 5.75 Å². The number of aryl methyl sites for hydroxylation is 1. The molecule has 0 amide bonds. The molecule has 4 heteroatoms. The first-order chi connectivity index (χ1) is 8.22. The van der Waals surface area contributed by atoms with Gasteiger partial charge in [-0.3, -0.25) is 4.68 Å².